The van der Waals surface area contributed by atoms with E-state index < -0.39 is 0 Å². The molecule has 0 saturated heterocycles. The van der Waals surface area contributed by atoms with Gasteiger partial charge in [0, 0.05) is 31.0 Å². The number of hydrogen-bond donors (Lipinski definition) is 1. The third-order valence-corrected chi connectivity index (χ3v) is 4.51. The van der Waals surface area contributed by atoms with Crippen molar-refractivity contribution in [2.24, 2.45) is 4.99 Å². The predicted molar refractivity (Wildman–Crippen MR) is 110 cm³/mol. The molecule has 0 fully saturated rings. The minimum atomic E-state index is -0.319. The number of nitrogens with one attached hydrogen (secondary N) is 1. The maximum absolute atomic E-state index is 13.0. The molecule has 0 amide bonds. The molecule has 1 aromatic carbocycles. The van der Waals surface area contributed by atoms with E-state index in [1.165, 1.54) is 12.1 Å². The molecule has 0 aliphatic rings. The number of halogens is 3. The highest BCUT2D eigenvalue weighted by Crippen LogP contribution is 2.17. The molecule has 1 heterocycles. The maximum atomic E-state index is 13.0. The van der Waals surface area contributed by atoms with Gasteiger partial charge in [0.25, 0.3) is 0 Å². The van der Waals surface area contributed by atoms with Crippen molar-refractivity contribution in [3.8, 4) is 0 Å². The number of guanidine groups is 1. The topological polar surface area (TPSA) is 40.5 Å². The van der Waals surface area contributed by atoms with Crippen LogP contribution in [-0.4, -0.2) is 36.5 Å². The van der Waals surface area contributed by atoms with Crippen LogP contribution in [0.1, 0.15) is 16.3 Å². The summed E-state index contributed by atoms with van der Waals surface area (Å²) >= 11 is 7.68. The second-order valence-corrected chi connectivity index (χ2v) is 6.64. The number of nitrogens with zero attached hydrogens (tertiary/aromatic N) is 3. The molecule has 132 valence electrons. The van der Waals surface area contributed by atoms with E-state index >= 15 is 0 Å². The predicted octanol–water partition coefficient (Wildman–Crippen LogP) is 4.11. The summed E-state index contributed by atoms with van der Waals surface area (Å²) in [4.78, 5) is 10.7. The molecule has 0 aliphatic heterocycles. The standard InChI is InChI=1S/C16H20ClFN4S.HI/c1-11-21-14(10-23-11)9-22(3)16(19-2)20-7-6-12-4-5-13(18)8-15(12)17;/h4-5,8,10H,6-7,9H2,1-3H3,(H,19,20);1H. The minimum Gasteiger partial charge on any atom is -0.356 e. The fourth-order valence-corrected chi connectivity index (χ4v) is 3.08. The van der Waals surface area contributed by atoms with Crippen molar-refractivity contribution >= 4 is 52.9 Å². The molecule has 0 aliphatic carbocycles. The van der Waals surface area contributed by atoms with Crippen LogP contribution in [0.2, 0.25) is 5.02 Å². The van der Waals surface area contributed by atoms with Gasteiger partial charge < -0.3 is 10.2 Å². The molecule has 8 heteroatoms. The monoisotopic (exact) mass is 482 g/mol. The van der Waals surface area contributed by atoms with Crippen LogP contribution in [0.3, 0.4) is 0 Å². The number of benzene rings is 1. The second kappa shape index (κ2) is 10.1. The van der Waals surface area contributed by atoms with Gasteiger partial charge in [-0.25, -0.2) is 9.37 Å². The Morgan fingerprint density at radius 1 is 1.46 bits per heavy atom. The Morgan fingerprint density at radius 3 is 2.79 bits per heavy atom. The fourth-order valence-electron chi connectivity index (χ4n) is 2.22. The molecule has 0 atom stereocenters. The van der Waals surface area contributed by atoms with Crippen LogP contribution in [0.5, 0.6) is 0 Å². The quantitative estimate of drug-likeness (QED) is 0.396. The highest BCUT2D eigenvalue weighted by atomic mass is 127. The third-order valence-electron chi connectivity index (χ3n) is 3.33. The first-order chi connectivity index (χ1) is 11.0. The molecular weight excluding hydrogens is 462 g/mol. The van der Waals surface area contributed by atoms with Crippen molar-refractivity contribution in [3.05, 3.63) is 50.7 Å². The number of hydrogen-bond acceptors (Lipinski definition) is 3. The summed E-state index contributed by atoms with van der Waals surface area (Å²) in [6.07, 6.45) is 0.696. The van der Waals surface area contributed by atoms with Crippen molar-refractivity contribution < 1.29 is 4.39 Å². The number of aromatic nitrogens is 1. The molecule has 4 nitrogen and oxygen atoms in total. The van der Waals surface area contributed by atoms with E-state index in [1.807, 2.05) is 18.9 Å². The van der Waals surface area contributed by atoms with Crippen LogP contribution in [0.25, 0.3) is 0 Å². The first kappa shape index (κ1) is 21.1. The van der Waals surface area contributed by atoms with Gasteiger partial charge in [-0.2, -0.15) is 0 Å². The van der Waals surface area contributed by atoms with E-state index in [-0.39, 0.29) is 29.8 Å². The fraction of sp³-hybridized carbons (Fsp3) is 0.375. The number of aryl methyl sites for hydroxylation is 1. The molecule has 2 rings (SSSR count). The molecule has 24 heavy (non-hydrogen) atoms. The first-order valence-corrected chi connectivity index (χ1v) is 8.52. The summed E-state index contributed by atoms with van der Waals surface area (Å²) in [5, 5.41) is 6.85. The molecular formula is C16H21ClFIN4S. The molecule has 0 spiro atoms. The largest absolute Gasteiger partial charge is 0.356 e. The van der Waals surface area contributed by atoms with Crippen molar-refractivity contribution in [2.75, 3.05) is 20.6 Å². The van der Waals surface area contributed by atoms with Crippen molar-refractivity contribution in [2.45, 2.75) is 19.9 Å². The summed E-state index contributed by atoms with van der Waals surface area (Å²) in [6.45, 7) is 3.35. The normalized spacial score (nSPS) is 11.1. The number of aliphatic imine (C=N–C) groups is 1. The smallest absolute Gasteiger partial charge is 0.193 e. The van der Waals surface area contributed by atoms with E-state index in [9.17, 15) is 4.39 Å². The summed E-state index contributed by atoms with van der Waals surface area (Å²) < 4.78 is 13.0. The molecule has 0 unspecified atom stereocenters. The molecule has 0 bridgehead atoms. The molecule has 0 radical (unpaired) electrons. The van der Waals surface area contributed by atoms with Crippen LogP contribution >= 0.6 is 46.9 Å². The summed E-state index contributed by atoms with van der Waals surface area (Å²) in [5.41, 5.74) is 1.94. The van der Waals surface area contributed by atoms with Gasteiger partial charge in [0.2, 0.25) is 0 Å². The van der Waals surface area contributed by atoms with E-state index in [0.29, 0.717) is 24.5 Å². The first-order valence-electron chi connectivity index (χ1n) is 7.26. The summed E-state index contributed by atoms with van der Waals surface area (Å²) in [5.74, 6) is 0.467. The van der Waals surface area contributed by atoms with Gasteiger partial charge in [0.1, 0.15) is 5.82 Å². The van der Waals surface area contributed by atoms with Gasteiger partial charge in [0.05, 0.1) is 17.2 Å². The summed E-state index contributed by atoms with van der Waals surface area (Å²) in [7, 11) is 3.71. The van der Waals surface area contributed by atoms with Crippen LogP contribution in [-0.2, 0) is 13.0 Å². The van der Waals surface area contributed by atoms with Crippen LogP contribution in [0.15, 0.2) is 28.6 Å². The Labute approximate surface area is 168 Å². The second-order valence-electron chi connectivity index (χ2n) is 5.17. The van der Waals surface area contributed by atoms with Crippen molar-refractivity contribution in [1.82, 2.24) is 15.2 Å². The molecule has 0 saturated carbocycles. The lowest BCUT2D eigenvalue weighted by Gasteiger charge is -2.21. The van der Waals surface area contributed by atoms with Crippen molar-refractivity contribution in [3.63, 3.8) is 0 Å². The Hall–Kier alpha value is -0.930. The van der Waals surface area contributed by atoms with Gasteiger partial charge in [-0.1, -0.05) is 17.7 Å². The lowest BCUT2D eigenvalue weighted by atomic mass is 10.1. The van der Waals surface area contributed by atoms with Crippen LogP contribution in [0, 0.1) is 12.7 Å². The van der Waals surface area contributed by atoms with Gasteiger partial charge in [-0.05, 0) is 31.0 Å². The van der Waals surface area contributed by atoms with Crippen molar-refractivity contribution in [1.29, 1.82) is 0 Å². The van der Waals surface area contributed by atoms with Gasteiger partial charge >= 0.3 is 0 Å². The Morgan fingerprint density at radius 2 is 2.21 bits per heavy atom. The van der Waals surface area contributed by atoms with E-state index in [1.54, 1.807) is 24.5 Å². The van der Waals surface area contributed by atoms with Crippen LogP contribution in [0.4, 0.5) is 4.39 Å². The highest BCUT2D eigenvalue weighted by molar-refractivity contribution is 14.0. The third kappa shape index (κ3) is 6.18. The van der Waals surface area contributed by atoms with Crippen LogP contribution < -0.4 is 5.32 Å². The number of rotatable bonds is 5. The average Bonchev–Trinajstić information content (AvgIpc) is 2.90. The summed E-state index contributed by atoms with van der Waals surface area (Å²) in [6, 6.07) is 4.47. The Bertz CT molecular complexity index is 692. The molecule has 1 N–H and O–H groups in total. The average molecular weight is 483 g/mol. The minimum absolute atomic E-state index is 0. The highest BCUT2D eigenvalue weighted by Gasteiger charge is 2.09. The number of thiazole rings is 1. The lowest BCUT2D eigenvalue weighted by molar-refractivity contribution is 0.471. The zero-order valence-corrected chi connectivity index (χ0v) is 17.7. The molecule has 2 aromatic rings. The zero-order chi connectivity index (χ0) is 16.8. The Kier molecular flexibility index (Phi) is 8.93. The van der Waals surface area contributed by atoms with E-state index in [2.05, 4.69) is 20.7 Å². The Balaban J connectivity index is 0.00000288. The van der Waals surface area contributed by atoms with Gasteiger partial charge in [-0.15, -0.1) is 35.3 Å². The molecule has 1 aromatic heterocycles. The maximum Gasteiger partial charge on any atom is 0.193 e. The van der Waals surface area contributed by atoms with E-state index in [4.69, 9.17) is 11.6 Å². The zero-order valence-electron chi connectivity index (χ0n) is 13.8. The lowest BCUT2D eigenvalue weighted by Crippen LogP contribution is -2.39. The van der Waals surface area contributed by atoms with Gasteiger partial charge in [-0.3, -0.25) is 4.99 Å². The van der Waals surface area contributed by atoms with E-state index in [0.717, 1.165) is 22.2 Å². The SMILES string of the molecule is CN=C(NCCc1ccc(F)cc1Cl)N(C)Cc1csc(C)n1.I. The van der Waals surface area contributed by atoms with Gasteiger partial charge in [0.15, 0.2) is 5.96 Å².